The molecule has 0 aliphatic heterocycles. The van der Waals surface area contributed by atoms with Gasteiger partial charge in [0.2, 0.25) is 0 Å². The molecule has 3 rings (SSSR count). The Morgan fingerprint density at radius 3 is 2.65 bits per heavy atom. The third-order valence-corrected chi connectivity index (χ3v) is 3.69. The quantitative estimate of drug-likeness (QED) is 0.602. The third-order valence-electron chi connectivity index (χ3n) is 2.96. The van der Waals surface area contributed by atoms with Gasteiger partial charge in [0, 0.05) is 10.5 Å². The summed E-state index contributed by atoms with van der Waals surface area (Å²) in [6, 6.07) is 8.84. The first kappa shape index (κ1) is 13.5. The largest absolute Gasteiger partial charge is 0.292 e. The molecule has 3 aromatic rings. The SMILES string of the molecule is Fc1ccc2nc(CCl)n(-c3ccc(Br)cc3F)c2c1. The van der Waals surface area contributed by atoms with Crippen LogP contribution >= 0.6 is 27.5 Å². The van der Waals surface area contributed by atoms with Gasteiger partial charge in [0.1, 0.15) is 17.5 Å². The number of imidazole rings is 1. The average Bonchev–Trinajstić information content (AvgIpc) is 2.76. The average molecular weight is 358 g/mol. The highest BCUT2D eigenvalue weighted by molar-refractivity contribution is 9.10. The van der Waals surface area contributed by atoms with Gasteiger partial charge in [-0.2, -0.15) is 0 Å². The van der Waals surface area contributed by atoms with E-state index in [9.17, 15) is 8.78 Å². The van der Waals surface area contributed by atoms with Gasteiger partial charge in [-0.25, -0.2) is 13.8 Å². The molecule has 0 N–H and O–H groups in total. The molecule has 0 atom stereocenters. The van der Waals surface area contributed by atoms with Crippen molar-refractivity contribution < 1.29 is 8.78 Å². The van der Waals surface area contributed by atoms with Crippen LogP contribution < -0.4 is 0 Å². The molecule has 0 amide bonds. The molecule has 20 heavy (non-hydrogen) atoms. The summed E-state index contributed by atoms with van der Waals surface area (Å²) in [5.74, 6) is -0.272. The minimum absolute atomic E-state index is 0.103. The Balaban J connectivity index is 2.36. The summed E-state index contributed by atoms with van der Waals surface area (Å²) in [7, 11) is 0. The summed E-state index contributed by atoms with van der Waals surface area (Å²) in [5.41, 5.74) is 1.35. The number of aromatic nitrogens is 2. The highest BCUT2D eigenvalue weighted by Crippen LogP contribution is 2.26. The van der Waals surface area contributed by atoms with E-state index < -0.39 is 11.6 Å². The lowest BCUT2D eigenvalue weighted by Gasteiger charge is -2.09. The van der Waals surface area contributed by atoms with Gasteiger partial charge in [0.25, 0.3) is 0 Å². The van der Waals surface area contributed by atoms with E-state index in [1.807, 2.05) is 0 Å². The molecule has 0 bridgehead atoms. The summed E-state index contributed by atoms with van der Waals surface area (Å²) >= 11 is 9.07. The first-order valence-electron chi connectivity index (χ1n) is 5.78. The van der Waals surface area contributed by atoms with Gasteiger partial charge in [0.15, 0.2) is 0 Å². The number of benzene rings is 2. The Morgan fingerprint density at radius 1 is 1.15 bits per heavy atom. The van der Waals surface area contributed by atoms with Crippen LogP contribution in [0.2, 0.25) is 0 Å². The summed E-state index contributed by atoms with van der Waals surface area (Å²) in [6.07, 6.45) is 0. The summed E-state index contributed by atoms with van der Waals surface area (Å²) in [6.45, 7) is 0. The molecule has 102 valence electrons. The number of nitrogens with zero attached hydrogens (tertiary/aromatic N) is 2. The zero-order chi connectivity index (χ0) is 14.3. The smallest absolute Gasteiger partial charge is 0.148 e. The van der Waals surface area contributed by atoms with Crippen molar-refractivity contribution in [1.82, 2.24) is 9.55 Å². The third kappa shape index (κ3) is 2.21. The molecule has 6 heteroatoms. The molecule has 0 unspecified atom stereocenters. The van der Waals surface area contributed by atoms with Gasteiger partial charge in [0.05, 0.1) is 22.6 Å². The second-order valence-electron chi connectivity index (χ2n) is 4.23. The zero-order valence-corrected chi connectivity index (χ0v) is 12.4. The lowest BCUT2D eigenvalue weighted by molar-refractivity contribution is 0.615. The van der Waals surface area contributed by atoms with Crippen molar-refractivity contribution in [2.75, 3.05) is 0 Å². The second kappa shape index (κ2) is 5.14. The first-order chi connectivity index (χ1) is 9.60. The molecule has 2 aromatic carbocycles. The maximum absolute atomic E-state index is 14.1. The lowest BCUT2D eigenvalue weighted by atomic mass is 10.2. The van der Waals surface area contributed by atoms with E-state index in [0.717, 1.165) is 0 Å². The van der Waals surface area contributed by atoms with Crippen LogP contribution in [0.5, 0.6) is 0 Å². The van der Waals surface area contributed by atoms with Crippen molar-refractivity contribution in [2.45, 2.75) is 5.88 Å². The van der Waals surface area contributed by atoms with Crippen LogP contribution in [0.1, 0.15) is 5.82 Å². The van der Waals surface area contributed by atoms with E-state index >= 15 is 0 Å². The fourth-order valence-electron chi connectivity index (χ4n) is 2.12. The van der Waals surface area contributed by atoms with Crippen molar-refractivity contribution >= 4 is 38.6 Å². The normalized spacial score (nSPS) is 11.2. The van der Waals surface area contributed by atoms with E-state index in [1.54, 1.807) is 18.2 Å². The van der Waals surface area contributed by atoms with Crippen molar-refractivity contribution in [1.29, 1.82) is 0 Å². The van der Waals surface area contributed by atoms with Crippen LogP contribution in [0.4, 0.5) is 8.78 Å². The van der Waals surface area contributed by atoms with Gasteiger partial charge in [-0.15, -0.1) is 11.6 Å². The number of alkyl halides is 1. The number of hydrogen-bond acceptors (Lipinski definition) is 1. The highest BCUT2D eigenvalue weighted by atomic mass is 79.9. The zero-order valence-electron chi connectivity index (χ0n) is 10.1. The van der Waals surface area contributed by atoms with Gasteiger partial charge >= 0.3 is 0 Å². The standard InChI is InChI=1S/C14H8BrClF2N2/c15-8-1-4-12(10(18)5-8)20-13-6-9(17)2-3-11(13)19-14(20)7-16/h1-6H,7H2. The van der Waals surface area contributed by atoms with Crippen LogP contribution in [-0.2, 0) is 5.88 Å². The summed E-state index contributed by atoms with van der Waals surface area (Å²) < 4.78 is 29.7. The van der Waals surface area contributed by atoms with Crippen LogP contribution in [0.3, 0.4) is 0 Å². The van der Waals surface area contributed by atoms with Crippen molar-refractivity contribution in [3.8, 4) is 5.69 Å². The van der Waals surface area contributed by atoms with Gasteiger partial charge in [-0.05, 0) is 30.3 Å². The molecule has 0 spiro atoms. The first-order valence-corrected chi connectivity index (χ1v) is 7.11. The minimum atomic E-state index is -0.436. The minimum Gasteiger partial charge on any atom is -0.292 e. The summed E-state index contributed by atoms with van der Waals surface area (Å²) in [5, 5.41) is 0. The Hall–Kier alpha value is -1.46. The maximum atomic E-state index is 14.1. The molecular formula is C14H8BrClF2N2. The topological polar surface area (TPSA) is 17.8 Å². The van der Waals surface area contributed by atoms with Gasteiger partial charge < -0.3 is 0 Å². The van der Waals surface area contributed by atoms with Crippen LogP contribution in [0.15, 0.2) is 40.9 Å². The molecule has 0 aliphatic carbocycles. The predicted molar refractivity (Wildman–Crippen MR) is 78.2 cm³/mol. The van der Waals surface area contributed by atoms with Crippen molar-refractivity contribution in [3.63, 3.8) is 0 Å². The molecule has 2 nitrogen and oxygen atoms in total. The monoisotopic (exact) mass is 356 g/mol. The Bertz CT molecular complexity index is 801. The second-order valence-corrected chi connectivity index (χ2v) is 5.41. The summed E-state index contributed by atoms with van der Waals surface area (Å²) in [4.78, 5) is 4.30. The molecule has 1 heterocycles. The van der Waals surface area contributed by atoms with Gasteiger partial charge in [-0.1, -0.05) is 15.9 Å². The molecule has 0 saturated carbocycles. The van der Waals surface area contributed by atoms with Crippen LogP contribution in [0, 0.1) is 11.6 Å². The number of fused-ring (bicyclic) bond motifs is 1. The fourth-order valence-corrected chi connectivity index (χ4v) is 2.63. The number of hydrogen-bond donors (Lipinski definition) is 0. The Kier molecular flexibility index (Phi) is 3.48. The Morgan fingerprint density at radius 2 is 1.95 bits per heavy atom. The fraction of sp³-hybridized carbons (Fsp3) is 0.0714. The van der Waals surface area contributed by atoms with Gasteiger partial charge in [-0.3, -0.25) is 4.57 Å². The van der Waals surface area contributed by atoms with Crippen molar-refractivity contribution in [3.05, 3.63) is 58.3 Å². The molecule has 0 radical (unpaired) electrons. The molecule has 0 fully saturated rings. The highest BCUT2D eigenvalue weighted by Gasteiger charge is 2.15. The van der Waals surface area contributed by atoms with E-state index in [4.69, 9.17) is 11.6 Å². The van der Waals surface area contributed by atoms with Crippen molar-refractivity contribution in [2.24, 2.45) is 0 Å². The lowest BCUT2D eigenvalue weighted by Crippen LogP contribution is -2.02. The molecule has 0 aliphatic rings. The Labute approximate surface area is 127 Å². The van der Waals surface area contributed by atoms with E-state index in [0.29, 0.717) is 21.3 Å². The van der Waals surface area contributed by atoms with E-state index in [2.05, 4.69) is 20.9 Å². The predicted octanol–water partition coefficient (Wildman–Crippen LogP) is 4.81. The molecule has 0 saturated heterocycles. The van der Waals surface area contributed by atoms with Crippen LogP contribution in [-0.4, -0.2) is 9.55 Å². The van der Waals surface area contributed by atoms with E-state index in [-0.39, 0.29) is 11.6 Å². The maximum Gasteiger partial charge on any atom is 0.148 e. The van der Waals surface area contributed by atoms with Crippen LogP contribution in [0.25, 0.3) is 16.7 Å². The molecular weight excluding hydrogens is 350 g/mol. The van der Waals surface area contributed by atoms with E-state index in [1.165, 1.54) is 22.8 Å². The number of halogens is 4. The molecule has 1 aromatic heterocycles. The number of rotatable bonds is 2.